The van der Waals surface area contributed by atoms with Crippen molar-refractivity contribution in [2.75, 3.05) is 24.2 Å². The van der Waals surface area contributed by atoms with Gasteiger partial charge in [0.05, 0.1) is 16.8 Å². The smallest absolute Gasteiger partial charge is 0.211 e. The van der Waals surface area contributed by atoms with Crippen molar-refractivity contribution in [2.24, 2.45) is 0 Å². The van der Waals surface area contributed by atoms with Crippen LogP contribution in [0.25, 0.3) is 0 Å². The summed E-state index contributed by atoms with van der Waals surface area (Å²) in [6.45, 7) is 0.305. The normalized spacial score (nSPS) is 17.3. The van der Waals surface area contributed by atoms with Gasteiger partial charge in [-0.25, -0.2) is 25.9 Å². The Hall–Kier alpha value is -2.28. The average molecular weight is 444 g/mol. The van der Waals surface area contributed by atoms with E-state index in [0.29, 0.717) is 12.1 Å². The molecular weight excluding hydrogens is 427 g/mol. The van der Waals surface area contributed by atoms with Crippen LogP contribution in [0, 0.1) is 28.8 Å². The van der Waals surface area contributed by atoms with Crippen LogP contribution in [0.5, 0.6) is 0 Å². The first-order valence-electron chi connectivity index (χ1n) is 8.65. The van der Waals surface area contributed by atoms with Gasteiger partial charge in [0.15, 0.2) is 17.5 Å². The molecule has 2 aromatic rings. The molecule has 154 valence electrons. The molecule has 1 fully saturated rings. The van der Waals surface area contributed by atoms with Gasteiger partial charge in [-0.1, -0.05) is 17.7 Å². The summed E-state index contributed by atoms with van der Waals surface area (Å²) in [7, 11) is -3.41. The predicted octanol–water partition coefficient (Wildman–Crippen LogP) is 3.67. The first-order chi connectivity index (χ1) is 13.6. The maximum atomic E-state index is 14.3. The van der Waals surface area contributed by atoms with Crippen LogP contribution in [-0.4, -0.2) is 38.1 Å². The summed E-state index contributed by atoms with van der Waals surface area (Å²) in [6, 6.07) is 8.20. The third kappa shape index (κ3) is 4.50. The highest BCUT2D eigenvalue weighted by Gasteiger charge is 2.33. The Morgan fingerprint density at radius 1 is 1.24 bits per heavy atom. The lowest BCUT2D eigenvalue weighted by Gasteiger charge is -2.32. The molecule has 10 heteroatoms. The quantitative estimate of drug-likeness (QED) is 0.661. The van der Waals surface area contributed by atoms with Crippen LogP contribution in [0.2, 0.25) is 5.02 Å². The van der Waals surface area contributed by atoms with Crippen LogP contribution in [0.1, 0.15) is 17.5 Å². The lowest BCUT2D eigenvalue weighted by molar-refractivity contribution is 0.438. The number of anilines is 1. The number of hydrogen-bond donors (Lipinski definition) is 0. The fourth-order valence-corrected chi connectivity index (χ4v) is 4.44. The van der Waals surface area contributed by atoms with Gasteiger partial charge in [0.1, 0.15) is 6.07 Å². The SMILES string of the molecule is CS(=O)(=O)N1CC[C@H](N(Cc2ccc(F)c(F)c2F)c2ccc(C#N)c(Cl)c2)C1. The molecule has 0 saturated carbocycles. The Morgan fingerprint density at radius 2 is 1.97 bits per heavy atom. The van der Waals surface area contributed by atoms with E-state index in [1.54, 1.807) is 11.0 Å². The molecule has 1 atom stereocenters. The van der Waals surface area contributed by atoms with E-state index in [1.165, 1.54) is 16.4 Å². The molecule has 0 spiro atoms. The maximum Gasteiger partial charge on any atom is 0.211 e. The molecule has 1 saturated heterocycles. The number of nitrogens with zero attached hydrogens (tertiary/aromatic N) is 3. The molecule has 1 aliphatic heterocycles. The Labute approximate surface area is 172 Å². The maximum absolute atomic E-state index is 14.3. The van der Waals surface area contributed by atoms with E-state index in [1.807, 2.05) is 6.07 Å². The van der Waals surface area contributed by atoms with Gasteiger partial charge in [-0.3, -0.25) is 0 Å². The topological polar surface area (TPSA) is 64.4 Å². The second-order valence-corrected chi connectivity index (χ2v) is 9.19. The minimum atomic E-state index is -3.41. The molecule has 1 heterocycles. The van der Waals surface area contributed by atoms with Gasteiger partial charge in [-0.05, 0) is 30.7 Å². The summed E-state index contributed by atoms with van der Waals surface area (Å²) >= 11 is 6.12. The van der Waals surface area contributed by atoms with Crippen molar-refractivity contribution < 1.29 is 21.6 Å². The lowest BCUT2D eigenvalue weighted by Crippen LogP contribution is -2.38. The fraction of sp³-hybridized carbons (Fsp3) is 0.316. The van der Waals surface area contributed by atoms with E-state index in [4.69, 9.17) is 16.9 Å². The molecule has 29 heavy (non-hydrogen) atoms. The summed E-state index contributed by atoms with van der Waals surface area (Å²) < 4.78 is 66.3. The van der Waals surface area contributed by atoms with Gasteiger partial charge < -0.3 is 4.90 Å². The zero-order valence-electron chi connectivity index (χ0n) is 15.4. The number of sulfonamides is 1. The lowest BCUT2D eigenvalue weighted by atomic mass is 10.1. The monoisotopic (exact) mass is 443 g/mol. The van der Waals surface area contributed by atoms with E-state index < -0.39 is 27.5 Å². The second kappa shape index (κ2) is 8.22. The minimum Gasteiger partial charge on any atom is -0.363 e. The molecule has 0 N–H and O–H groups in total. The van der Waals surface area contributed by atoms with Crippen LogP contribution in [0.15, 0.2) is 30.3 Å². The minimum absolute atomic E-state index is 0.0813. The van der Waals surface area contributed by atoms with E-state index in [2.05, 4.69) is 0 Å². The van der Waals surface area contributed by atoms with E-state index in [-0.39, 0.29) is 41.8 Å². The molecule has 3 rings (SSSR count). The van der Waals surface area contributed by atoms with Gasteiger partial charge in [0, 0.05) is 36.9 Å². The van der Waals surface area contributed by atoms with Crippen LogP contribution < -0.4 is 4.90 Å². The van der Waals surface area contributed by atoms with Gasteiger partial charge in [0.25, 0.3) is 0 Å². The van der Waals surface area contributed by atoms with Gasteiger partial charge in [-0.2, -0.15) is 5.26 Å². The Bertz CT molecular complexity index is 1090. The van der Waals surface area contributed by atoms with E-state index in [9.17, 15) is 21.6 Å². The van der Waals surface area contributed by atoms with Crippen molar-refractivity contribution in [3.63, 3.8) is 0 Å². The van der Waals surface area contributed by atoms with E-state index in [0.717, 1.165) is 18.4 Å². The van der Waals surface area contributed by atoms with Crippen LogP contribution in [-0.2, 0) is 16.6 Å². The second-order valence-electron chi connectivity index (χ2n) is 6.80. The molecule has 0 unspecified atom stereocenters. The number of halogens is 4. The van der Waals surface area contributed by atoms with Crippen molar-refractivity contribution in [3.05, 3.63) is 63.9 Å². The summed E-state index contributed by atoms with van der Waals surface area (Å²) in [6.07, 6.45) is 1.56. The number of rotatable bonds is 5. The number of nitriles is 1. The number of hydrogen-bond acceptors (Lipinski definition) is 4. The summed E-state index contributed by atoms with van der Waals surface area (Å²) in [5.74, 6) is -4.15. The molecule has 0 radical (unpaired) electrons. The van der Waals surface area contributed by atoms with Crippen molar-refractivity contribution in [1.29, 1.82) is 5.26 Å². The van der Waals surface area contributed by atoms with Crippen molar-refractivity contribution in [3.8, 4) is 6.07 Å². The molecule has 1 aliphatic rings. The fourth-order valence-electron chi connectivity index (χ4n) is 3.34. The van der Waals surface area contributed by atoms with Crippen molar-refractivity contribution >= 4 is 27.3 Å². The summed E-state index contributed by atoms with van der Waals surface area (Å²) in [5.41, 5.74) is 0.680. The highest BCUT2D eigenvalue weighted by atomic mass is 35.5. The van der Waals surface area contributed by atoms with Crippen LogP contribution in [0.4, 0.5) is 18.9 Å². The first kappa shape index (κ1) is 21.4. The Morgan fingerprint density at radius 3 is 2.55 bits per heavy atom. The molecule has 0 aromatic heterocycles. The number of benzene rings is 2. The largest absolute Gasteiger partial charge is 0.363 e. The van der Waals surface area contributed by atoms with Crippen molar-refractivity contribution in [2.45, 2.75) is 19.0 Å². The standard InChI is InChI=1S/C19H17ClF3N3O2S/c1-29(27,28)25-7-6-15(11-25)26(14-4-2-12(9-24)16(20)8-14)10-13-3-5-17(21)19(23)18(13)22/h2-5,8,15H,6-7,10-11H2,1H3/t15-/m0/s1. The van der Waals surface area contributed by atoms with Crippen molar-refractivity contribution in [1.82, 2.24) is 4.31 Å². The molecule has 2 aromatic carbocycles. The van der Waals surface area contributed by atoms with Gasteiger partial charge in [-0.15, -0.1) is 0 Å². The van der Waals surface area contributed by atoms with Gasteiger partial charge in [0.2, 0.25) is 10.0 Å². The zero-order chi connectivity index (χ0) is 21.3. The zero-order valence-corrected chi connectivity index (χ0v) is 16.9. The van der Waals surface area contributed by atoms with Crippen LogP contribution in [0.3, 0.4) is 0 Å². The summed E-state index contributed by atoms with van der Waals surface area (Å²) in [4.78, 5) is 1.69. The Balaban J connectivity index is 2.00. The molecule has 0 bridgehead atoms. The van der Waals surface area contributed by atoms with E-state index >= 15 is 0 Å². The molecule has 5 nitrogen and oxygen atoms in total. The molecule has 0 aliphatic carbocycles. The highest BCUT2D eigenvalue weighted by molar-refractivity contribution is 7.88. The van der Waals surface area contributed by atoms with Crippen LogP contribution >= 0.6 is 11.6 Å². The highest BCUT2D eigenvalue weighted by Crippen LogP contribution is 2.30. The first-order valence-corrected chi connectivity index (χ1v) is 10.9. The third-order valence-corrected chi connectivity index (χ3v) is 6.48. The molecule has 0 amide bonds. The molecular formula is C19H17ClF3N3O2S. The summed E-state index contributed by atoms with van der Waals surface area (Å²) in [5, 5.41) is 9.24. The average Bonchev–Trinajstić information content (AvgIpc) is 3.16. The predicted molar refractivity (Wildman–Crippen MR) is 103 cm³/mol. The van der Waals surface area contributed by atoms with Gasteiger partial charge >= 0.3 is 0 Å². The Kier molecular flexibility index (Phi) is 6.08. The third-order valence-electron chi connectivity index (χ3n) is 4.90.